The standard InChI is InChI=1S/C17H23N3/c1-13-3-5-15-11-14(4-8-17(15)19-13)12-18-9-10-20(2)16-6-7-16/h3-5,8,11,16,18H,6-7,9-10,12H2,1-2H3. The first-order valence-electron chi connectivity index (χ1n) is 7.49. The average molecular weight is 269 g/mol. The van der Waals surface area contributed by atoms with E-state index in [0.717, 1.165) is 36.9 Å². The van der Waals surface area contributed by atoms with Crippen molar-refractivity contribution in [3.63, 3.8) is 0 Å². The van der Waals surface area contributed by atoms with E-state index >= 15 is 0 Å². The molecule has 0 bridgehead atoms. The zero-order valence-corrected chi connectivity index (χ0v) is 12.4. The molecule has 1 aromatic carbocycles. The number of hydrogen-bond donors (Lipinski definition) is 1. The Morgan fingerprint density at radius 1 is 1.25 bits per heavy atom. The zero-order valence-electron chi connectivity index (χ0n) is 12.4. The Morgan fingerprint density at radius 2 is 2.10 bits per heavy atom. The van der Waals surface area contributed by atoms with Gasteiger partial charge in [0, 0.05) is 36.8 Å². The third-order valence-electron chi connectivity index (χ3n) is 4.03. The van der Waals surface area contributed by atoms with Crippen molar-refractivity contribution in [3.05, 3.63) is 41.6 Å². The molecule has 0 saturated heterocycles. The van der Waals surface area contributed by atoms with Crippen LogP contribution in [0.2, 0.25) is 0 Å². The van der Waals surface area contributed by atoms with Gasteiger partial charge in [-0.15, -0.1) is 0 Å². The molecular weight excluding hydrogens is 246 g/mol. The van der Waals surface area contributed by atoms with Crippen LogP contribution < -0.4 is 5.32 Å². The monoisotopic (exact) mass is 269 g/mol. The van der Waals surface area contributed by atoms with Gasteiger partial charge in [0.05, 0.1) is 5.52 Å². The third-order valence-corrected chi connectivity index (χ3v) is 4.03. The summed E-state index contributed by atoms with van der Waals surface area (Å²) in [6.45, 7) is 5.16. The van der Waals surface area contributed by atoms with Crippen molar-refractivity contribution < 1.29 is 0 Å². The van der Waals surface area contributed by atoms with Gasteiger partial charge in [-0.1, -0.05) is 12.1 Å². The first-order valence-corrected chi connectivity index (χ1v) is 7.49. The molecule has 0 amide bonds. The van der Waals surface area contributed by atoms with Crippen molar-refractivity contribution in [1.29, 1.82) is 0 Å². The maximum atomic E-state index is 4.54. The molecule has 1 aliphatic carbocycles. The lowest BCUT2D eigenvalue weighted by atomic mass is 10.1. The van der Waals surface area contributed by atoms with Crippen molar-refractivity contribution in [2.24, 2.45) is 0 Å². The summed E-state index contributed by atoms with van der Waals surface area (Å²) in [7, 11) is 2.23. The van der Waals surface area contributed by atoms with Gasteiger partial charge < -0.3 is 10.2 Å². The lowest BCUT2D eigenvalue weighted by Gasteiger charge is -2.15. The first kappa shape index (κ1) is 13.5. The van der Waals surface area contributed by atoms with E-state index in [1.165, 1.54) is 23.8 Å². The fourth-order valence-electron chi connectivity index (χ4n) is 2.57. The van der Waals surface area contributed by atoms with E-state index in [1.54, 1.807) is 0 Å². The molecule has 3 heteroatoms. The van der Waals surface area contributed by atoms with E-state index in [1.807, 2.05) is 6.92 Å². The Balaban J connectivity index is 1.53. The van der Waals surface area contributed by atoms with Crippen molar-refractivity contribution in [3.8, 4) is 0 Å². The lowest BCUT2D eigenvalue weighted by molar-refractivity contribution is 0.321. The van der Waals surface area contributed by atoms with Crippen LogP contribution in [0.3, 0.4) is 0 Å². The second-order valence-electron chi connectivity index (χ2n) is 5.87. The van der Waals surface area contributed by atoms with Crippen molar-refractivity contribution in [2.75, 3.05) is 20.1 Å². The van der Waals surface area contributed by atoms with Gasteiger partial charge in [-0.2, -0.15) is 0 Å². The topological polar surface area (TPSA) is 28.2 Å². The minimum atomic E-state index is 0.854. The number of nitrogens with one attached hydrogen (secondary N) is 1. The molecule has 1 aromatic heterocycles. The number of benzene rings is 1. The highest BCUT2D eigenvalue weighted by molar-refractivity contribution is 5.79. The molecule has 1 aliphatic rings. The van der Waals surface area contributed by atoms with Gasteiger partial charge in [-0.05, 0) is 50.6 Å². The second-order valence-corrected chi connectivity index (χ2v) is 5.87. The molecule has 0 unspecified atom stereocenters. The highest BCUT2D eigenvalue weighted by atomic mass is 15.2. The second kappa shape index (κ2) is 5.90. The molecule has 106 valence electrons. The summed E-state index contributed by atoms with van der Waals surface area (Å²) in [6.07, 6.45) is 2.77. The minimum Gasteiger partial charge on any atom is -0.311 e. The predicted molar refractivity (Wildman–Crippen MR) is 83.8 cm³/mol. The summed E-state index contributed by atoms with van der Waals surface area (Å²) in [6, 6.07) is 11.6. The minimum absolute atomic E-state index is 0.854. The van der Waals surface area contributed by atoms with Crippen LogP contribution in [0.15, 0.2) is 30.3 Å². The summed E-state index contributed by atoms with van der Waals surface area (Å²) in [5, 5.41) is 4.76. The number of fused-ring (bicyclic) bond motifs is 1. The summed E-state index contributed by atoms with van der Waals surface area (Å²) < 4.78 is 0. The molecule has 0 aliphatic heterocycles. The number of nitrogens with zero attached hydrogens (tertiary/aromatic N) is 2. The van der Waals surface area contributed by atoms with Crippen LogP contribution in [-0.4, -0.2) is 36.1 Å². The molecule has 0 spiro atoms. The van der Waals surface area contributed by atoms with Crippen molar-refractivity contribution in [1.82, 2.24) is 15.2 Å². The van der Waals surface area contributed by atoms with Gasteiger partial charge in [-0.3, -0.25) is 4.98 Å². The van der Waals surface area contributed by atoms with Crippen molar-refractivity contribution in [2.45, 2.75) is 32.4 Å². The largest absolute Gasteiger partial charge is 0.311 e. The van der Waals surface area contributed by atoms with E-state index in [2.05, 4.69) is 52.6 Å². The normalized spacial score (nSPS) is 15.2. The molecule has 0 atom stereocenters. The van der Waals surface area contributed by atoms with E-state index < -0.39 is 0 Å². The average Bonchev–Trinajstić information content (AvgIpc) is 3.28. The fourth-order valence-corrected chi connectivity index (χ4v) is 2.57. The molecule has 2 aromatic rings. The maximum Gasteiger partial charge on any atom is 0.0705 e. The van der Waals surface area contributed by atoms with Crippen LogP contribution >= 0.6 is 0 Å². The quantitative estimate of drug-likeness (QED) is 0.817. The molecule has 20 heavy (non-hydrogen) atoms. The van der Waals surface area contributed by atoms with Gasteiger partial charge in [0.15, 0.2) is 0 Å². The van der Waals surface area contributed by atoms with Crippen LogP contribution in [0, 0.1) is 6.92 Å². The van der Waals surface area contributed by atoms with Gasteiger partial charge in [0.1, 0.15) is 0 Å². The molecular formula is C17H23N3. The SMILES string of the molecule is Cc1ccc2cc(CNCCN(C)C3CC3)ccc2n1. The third kappa shape index (κ3) is 3.35. The Bertz CT molecular complexity index is 590. The maximum absolute atomic E-state index is 4.54. The lowest BCUT2D eigenvalue weighted by Crippen LogP contribution is -2.30. The van der Waals surface area contributed by atoms with E-state index in [9.17, 15) is 0 Å². The smallest absolute Gasteiger partial charge is 0.0705 e. The zero-order chi connectivity index (χ0) is 13.9. The molecule has 3 nitrogen and oxygen atoms in total. The highest BCUT2D eigenvalue weighted by Gasteiger charge is 2.25. The number of likely N-dealkylation sites (N-methyl/N-ethyl adjacent to an activating group) is 1. The van der Waals surface area contributed by atoms with Gasteiger partial charge in [-0.25, -0.2) is 0 Å². The van der Waals surface area contributed by atoms with Crippen LogP contribution in [0.5, 0.6) is 0 Å². The number of aromatic nitrogens is 1. The van der Waals surface area contributed by atoms with Crippen LogP contribution in [-0.2, 0) is 6.54 Å². The molecule has 1 fully saturated rings. The number of rotatable bonds is 6. The summed E-state index contributed by atoms with van der Waals surface area (Å²) >= 11 is 0. The Labute approximate surface area is 121 Å². The first-order chi connectivity index (χ1) is 9.72. The van der Waals surface area contributed by atoms with Crippen LogP contribution in [0.4, 0.5) is 0 Å². The summed E-state index contributed by atoms with van der Waals surface area (Å²) in [5.74, 6) is 0. The Kier molecular flexibility index (Phi) is 3.99. The van der Waals surface area contributed by atoms with Gasteiger partial charge in [0.25, 0.3) is 0 Å². The summed E-state index contributed by atoms with van der Waals surface area (Å²) in [5.41, 5.74) is 3.49. The molecule has 1 N–H and O–H groups in total. The predicted octanol–water partition coefficient (Wildman–Crippen LogP) is 2.73. The van der Waals surface area contributed by atoms with Gasteiger partial charge >= 0.3 is 0 Å². The summed E-state index contributed by atoms with van der Waals surface area (Å²) in [4.78, 5) is 6.99. The Hall–Kier alpha value is -1.45. The molecule has 3 rings (SSSR count). The van der Waals surface area contributed by atoms with Crippen LogP contribution in [0.25, 0.3) is 10.9 Å². The fraction of sp³-hybridized carbons (Fsp3) is 0.471. The van der Waals surface area contributed by atoms with Gasteiger partial charge in [0.2, 0.25) is 0 Å². The number of hydrogen-bond acceptors (Lipinski definition) is 3. The van der Waals surface area contributed by atoms with E-state index in [0.29, 0.717) is 0 Å². The Morgan fingerprint density at radius 3 is 2.90 bits per heavy atom. The number of aryl methyl sites for hydroxylation is 1. The molecule has 0 radical (unpaired) electrons. The number of pyridine rings is 1. The van der Waals surface area contributed by atoms with E-state index in [-0.39, 0.29) is 0 Å². The van der Waals surface area contributed by atoms with E-state index in [4.69, 9.17) is 0 Å². The highest BCUT2D eigenvalue weighted by Crippen LogP contribution is 2.24. The molecule has 1 saturated carbocycles. The van der Waals surface area contributed by atoms with Crippen LogP contribution in [0.1, 0.15) is 24.1 Å². The van der Waals surface area contributed by atoms with Crippen molar-refractivity contribution >= 4 is 10.9 Å². The molecule has 1 heterocycles.